The van der Waals surface area contributed by atoms with Gasteiger partial charge < -0.3 is 10.1 Å². The van der Waals surface area contributed by atoms with Gasteiger partial charge in [-0.3, -0.25) is 4.90 Å². The first kappa shape index (κ1) is 13.7. The fourth-order valence-corrected chi connectivity index (χ4v) is 2.06. The monoisotopic (exact) mass is 240 g/mol. The van der Waals surface area contributed by atoms with E-state index in [1.54, 1.807) is 0 Å². The lowest BCUT2D eigenvalue weighted by molar-refractivity contribution is -0.153. The van der Waals surface area contributed by atoms with Crippen LogP contribution in [0.15, 0.2) is 0 Å². The second-order valence-corrected chi connectivity index (χ2v) is 4.13. The first-order valence-electron chi connectivity index (χ1n) is 5.52. The van der Waals surface area contributed by atoms with E-state index in [9.17, 15) is 13.2 Å². The molecule has 1 N–H and O–H groups in total. The van der Waals surface area contributed by atoms with Gasteiger partial charge in [0.05, 0.1) is 13.2 Å². The molecule has 96 valence electrons. The Balaban J connectivity index is 2.53. The Morgan fingerprint density at radius 2 is 2.12 bits per heavy atom. The van der Waals surface area contributed by atoms with Gasteiger partial charge in [-0.2, -0.15) is 13.2 Å². The lowest BCUT2D eigenvalue weighted by Gasteiger charge is -2.38. The van der Waals surface area contributed by atoms with E-state index in [-0.39, 0.29) is 12.1 Å². The van der Waals surface area contributed by atoms with Crippen molar-refractivity contribution in [3.05, 3.63) is 0 Å². The lowest BCUT2D eigenvalue weighted by atomic mass is 10.0. The van der Waals surface area contributed by atoms with E-state index in [0.29, 0.717) is 13.2 Å². The summed E-state index contributed by atoms with van der Waals surface area (Å²) in [6.45, 7) is 2.82. The highest BCUT2D eigenvalue weighted by Gasteiger charge is 2.35. The second-order valence-electron chi connectivity index (χ2n) is 4.13. The van der Waals surface area contributed by atoms with Crippen molar-refractivity contribution in [1.29, 1.82) is 0 Å². The van der Waals surface area contributed by atoms with Gasteiger partial charge in [0.2, 0.25) is 0 Å². The van der Waals surface area contributed by atoms with E-state index in [1.807, 2.05) is 6.92 Å². The van der Waals surface area contributed by atoms with E-state index in [2.05, 4.69) is 5.32 Å². The van der Waals surface area contributed by atoms with Crippen LogP contribution in [0.2, 0.25) is 0 Å². The molecule has 3 nitrogen and oxygen atoms in total. The zero-order valence-corrected chi connectivity index (χ0v) is 9.68. The van der Waals surface area contributed by atoms with Crippen molar-refractivity contribution in [2.75, 3.05) is 33.4 Å². The van der Waals surface area contributed by atoms with E-state index in [4.69, 9.17) is 4.74 Å². The minimum absolute atomic E-state index is 0.0890. The molecule has 0 aromatic heterocycles. The zero-order valence-electron chi connectivity index (χ0n) is 9.68. The fraction of sp³-hybridized carbons (Fsp3) is 1.00. The maximum absolute atomic E-state index is 12.3. The average Bonchev–Trinajstić information content (AvgIpc) is 2.16. The fourth-order valence-electron chi connectivity index (χ4n) is 2.06. The van der Waals surface area contributed by atoms with Crippen molar-refractivity contribution in [2.24, 2.45) is 0 Å². The van der Waals surface area contributed by atoms with Crippen LogP contribution in [-0.4, -0.2) is 56.5 Å². The molecule has 2 atom stereocenters. The molecule has 0 amide bonds. The van der Waals surface area contributed by atoms with Crippen molar-refractivity contribution in [2.45, 2.75) is 31.6 Å². The smallest absolute Gasteiger partial charge is 0.380 e. The molecule has 2 unspecified atom stereocenters. The van der Waals surface area contributed by atoms with Crippen molar-refractivity contribution in [1.82, 2.24) is 10.2 Å². The van der Waals surface area contributed by atoms with Gasteiger partial charge in [0.1, 0.15) is 0 Å². The molecule has 1 aliphatic heterocycles. The summed E-state index contributed by atoms with van der Waals surface area (Å²) in [5, 5.41) is 3.21. The SMILES string of the molecule is CCNC1CCOCC1N(C)CC(F)(F)F. The first-order valence-corrected chi connectivity index (χ1v) is 5.52. The van der Waals surface area contributed by atoms with Crippen LogP contribution in [0.1, 0.15) is 13.3 Å². The van der Waals surface area contributed by atoms with Gasteiger partial charge in [0.25, 0.3) is 0 Å². The number of likely N-dealkylation sites (N-methyl/N-ethyl adjacent to an activating group) is 2. The largest absolute Gasteiger partial charge is 0.401 e. The predicted molar refractivity (Wildman–Crippen MR) is 55.4 cm³/mol. The highest BCUT2D eigenvalue weighted by atomic mass is 19.4. The first-order chi connectivity index (χ1) is 7.44. The Morgan fingerprint density at radius 3 is 2.69 bits per heavy atom. The van der Waals surface area contributed by atoms with Crippen LogP contribution in [0.5, 0.6) is 0 Å². The number of alkyl halides is 3. The summed E-state index contributed by atoms with van der Waals surface area (Å²) >= 11 is 0. The summed E-state index contributed by atoms with van der Waals surface area (Å²) in [6, 6.07) is -0.110. The summed E-state index contributed by atoms with van der Waals surface area (Å²) in [4.78, 5) is 1.33. The summed E-state index contributed by atoms with van der Waals surface area (Å²) in [5.41, 5.74) is 0. The number of ether oxygens (including phenoxy) is 1. The van der Waals surface area contributed by atoms with Gasteiger partial charge in [-0.05, 0) is 20.0 Å². The molecule has 0 saturated carbocycles. The molecule has 0 aromatic carbocycles. The van der Waals surface area contributed by atoms with Crippen LogP contribution in [0.25, 0.3) is 0 Å². The Kier molecular flexibility index (Phi) is 5.01. The Hall–Kier alpha value is -0.330. The molecule has 1 fully saturated rings. The molecule has 0 bridgehead atoms. The second kappa shape index (κ2) is 5.84. The Labute approximate surface area is 93.9 Å². The van der Waals surface area contributed by atoms with Crippen molar-refractivity contribution in [3.8, 4) is 0 Å². The lowest BCUT2D eigenvalue weighted by Crippen LogP contribution is -2.55. The molecule has 16 heavy (non-hydrogen) atoms. The third-order valence-corrected chi connectivity index (χ3v) is 2.79. The highest BCUT2D eigenvalue weighted by molar-refractivity contribution is 4.86. The quantitative estimate of drug-likeness (QED) is 0.800. The summed E-state index contributed by atoms with van der Waals surface area (Å²) in [5.74, 6) is 0. The van der Waals surface area contributed by atoms with Gasteiger partial charge >= 0.3 is 6.18 Å². The van der Waals surface area contributed by atoms with Crippen LogP contribution in [0, 0.1) is 0 Å². The van der Waals surface area contributed by atoms with Crippen molar-refractivity contribution in [3.63, 3.8) is 0 Å². The maximum Gasteiger partial charge on any atom is 0.401 e. The van der Waals surface area contributed by atoms with Crippen molar-refractivity contribution >= 4 is 0 Å². The van der Waals surface area contributed by atoms with Crippen LogP contribution < -0.4 is 5.32 Å². The summed E-state index contributed by atoms with van der Waals surface area (Å²) in [7, 11) is 1.50. The van der Waals surface area contributed by atoms with Gasteiger partial charge in [-0.1, -0.05) is 6.92 Å². The average molecular weight is 240 g/mol. The number of nitrogens with zero attached hydrogens (tertiary/aromatic N) is 1. The molecule has 0 aliphatic carbocycles. The summed E-state index contributed by atoms with van der Waals surface area (Å²) < 4.78 is 42.1. The van der Waals surface area contributed by atoms with E-state index in [0.717, 1.165) is 13.0 Å². The Morgan fingerprint density at radius 1 is 1.44 bits per heavy atom. The number of halogens is 3. The number of hydrogen-bond donors (Lipinski definition) is 1. The minimum atomic E-state index is -4.15. The maximum atomic E-state index is 12.3. The number of rotatable bonds is 4. The minimum Gasteiger partial charge on any atom is -0.380 e. The van der Waals surface area contributed by atoms with Crippen LogP contribution in [0.4, 0.5) is 13.2 Å². The topological polar surface area (TPSA) is 24.5 Å². The third kappa shape index (κ3) is 4.27. The van der Waals surface area contributed by atoms with Crippen molar-refractivity contribution < 1.29 is 17.9 Å². The van der Waals surface area contributed by atoms with Gasteiger partial charge in [0.15, 0.2) is 0 Å². The normalized spacial score (nSPS) is 27.4. The van der Waals surface area contributed by atoms with Gasteiger partial charge in [-0.15, -0.1) is 0 Å². The van der Waals surface area contributed by atoms with E-state index in [1.165, 1.54) is 11.9 Å². The number of hydrogen-bond acceptors (Lipinski definition) is 3. The van der Waals surface area contributed by atoms with Crippen LogP contribution in [0.3, 0.4) is 0 Å². The molecule has 6 heteroatoms. The Bertz CT molecular complexity index is 209. The van der Waals surface area contributed by atoms with E-state index >= 15 is 0 Å². The van der Waals surface area contributed by atoms with Crippen LogP contribution in [-0.2, 0) is 4.74 Å². The van der Waals surface area contributed by atoms with Gasteiger partial charge in [0, 0.05) is 18.7 Å². The molecule has 1 saturated heterocycles. The predicted octanol–water partition coefficient (Wildman–Crippen LogP) is 1.25. The molecule has 1 rings (SSSR count). The molecule has 1 aliphatic rings. The standard InChI is InChI=1S/C10H19F3N2O/c1-3-14-8-4-5-16-6-9(8)15(2)7-10(11,12)13/h8-9,14H,3-7H2,1-2H3. The van der Waals surface area contributed by atoms with E-state index < -0.39 is 12.7 Å². The molecule has 0 aromatic rings. The molecular formula is C10H19F3N2O. The summed E-state index contributed by atoms with van der Waals surface area (Å²) in [6.07, 6.45) is -3.39. The molecule has 0 spiro atoms. The number of nitrogens with one attached hydrogen (secondary N) is 1. The third-order valence-electron chi connectivity index (χ3n) is 2.79. The highest BCUT2D eigenvalue weighted by Crippen LogP contribution is 2.20. The van der Waals surface area contributed by atoms with Gasteiger partial charge in [-0.25, -0.2) is 0 Å². The van der Waals surface area contributed by atoms with Crippen LogP contribution >= 0.6 is 0 Å². The molecule has 0 radical (unpaired) electrons. The molecule has 1 heterocycles. The molecular weight excluding hydrogens is 221 g/mol. The zero-order chi connectivity index (χ0) is 12.2.